The maximum atomic E-state index is 4.48. The summed E-state index contributed by atoms with van der Waals surface area (Å²) in [6.07, 6.45) is 7.95. The minimum atomic E-state index is 0.744. The molecule has 1 aromatic carbocycles. The summed E-state index contributed by atoms with van der Waals surface area (Å²) in [4.78, 5) is 19.4. The lowest BCUT2D eigenvalue weighted by Gasteiger charge is -2.18. The Morgan fingerprint density at radius 1 is 0.926 bits per heavy atom. The number of likely N-dealkylation sites (N-methyl/N-ethyl adjacent to an activating group) is 1. The van der Waals surface area contributed by atoms with Crippen LogP contribution in [0.4, 0.5) is 17.3 Å². The van der Waals surface area contributed by atoms with Crippen molar-refractivity contribution in [2.45, 2.75) is 6.42 Å². The molecule has 0 spiro atoms. The topological polar surface area (TPSA) is 66.8 Å². The Morgan fingerprint density at radius 2 is 1.78 bits per heavy atom. The zero-order chi connectivity index (χ0) is 18.5. The molecule has 0 saturated carbocycles. The Hall–Kier alpha value is -3.54. The number of aromatic nitrogens is 4. The van der Waals surface area contributed by atoms with E-state index in [0.29, 0.717) is 0 Å². The van der Waals surface area contributed by atoms with Crippen molar-refractivity contribution in [3.05, 3.63) is 79.0 Å². The van der Waals surface area contributed by atoms with Crippen LogP contribution in [0.1, 0.15) is 5.56 Å². The van der Waals surface area contributed by atoms with Gasteiger partial charge in [-0.05, 0) is 36.2 Å². The third kappa shape index (κ3) is 4.00. The lowest BCUT2D eigenvalue weighted by molar-refractivity contribution is 0.855. The number of para-hydroxylation sites is 1. The molecule has 0 unspecified atom stereocenters. The lowest BCUT2D eigenvalue weighted by Crippen LogP contribution is -2.21. The molecule has 0 fully saturated rings. The number of nitrogens with one attached hydrogen (secondary N) is 1. The summed E-state index contributed by atoms with van der Waals surface area (Å²) in [5.41, 5.74) is 3.11. The maximum Gasteiger partial charge on any atom is 0.135 e. The van der Waals surface area contributed by atoms with Gasteiger partial charge in [-0.1, -0.05) is 18.2 Å². The summed E-state index contributed by atoms with van der Waals surface area (Å²) < 4.78 is 0. The van der Waals surface area contributed by atoms with Gasteiger partial charge in [0.05, 0.1) is 11.2 Å². The molecule has 0 aliphatic heterocycles. The van der Waals surface area contributed by atoms with Crippen molar-refractivity contribution >= 4 is 28.2 Å². The van der Waals surface area contributed by atoms with Crippen LogP contribution in [0.5, 0.6) is 0 Å². The summed E-state index contributed by atoms with van der Waals surface area (Å²) >= 11 is 0. The zero-order valence-electron chi connectivity index (χ0n) is 15.1. The first-order valence-electron chi connectivity index (χ1n) is 8.82. The van der Waals surface area contributed by atoms with Crippen molar-refractivity contribution in [2.75, 3.05) is 23.8 Å². The maximum absolute atomic E-state index is 4.48. The van der Waals surface area contributed by atoms with Crippen LogP contribution >= 0.6 is 0 Å². The molecule has 3 aromatic heterocycles. The minimum absolute atomic E-state index is 0.744. The summed E-state index contributed by atoms with van der Waals surface area (Å²) in [6.45, 7) is 0.857. The Balaban J connectivity index is 1.50. The first kappa shape index (κ1) is 16.9. The van der Waals surface area contributed by atoms with Crippen LogP contribution in [0.25, 0.3) is 10.9 Å². The smallest absolute Gasteiger partial charge is 0.135 e. The van der Waals surface area contributed by atoms with Gasteiger partial charge in [0.1, 0.15) is 18.0 Å². The highest BCUT2D eigenvalue weighted by molar-refractivity contribution is 5.91. The summed E-state index contributed by atoms with van der Waals surface area (Å²) in [7, 11) is 2.03. The Kier molecular flexibility index (Phi) is 4.87. The number of hydrogen-bond donors (Lipinski definition) is 1. The average Bonchev–Trinajstić information content (AvgIpc) is 2.73. The normalized spacial score (nSPS) is 10.7. The van der Waals surface area contributed by atoms with Gasteiger partial charge in [0, 0.05) is 43.6 Å². The van der Waals surface area contributed by atoms with E-state index in [2.05, 4.69) is 30.2 Å². The van der Waals surface area contributed by atoms with E-state index in [0.717, 1.165) is 41.2 Å². The number of hydrogen-bond acceptors (Lipinski definition) is 6. The Bertz CT molecular complexity index is 1030. The monoisotopic (exact) mass is 356 g/mol. The van der Waals surface area contributed by atoms with E-state index >= 15 is 0 Å². The molecule has 27 heavy (non-hydrogen) atoms. The van der Waals surface area contributed by atoms with Gasteiger partial charge < -0.3 is 10.2 Å². The highest BCUT2D eigenvalue weighted by Gasteiger charge is 2.07. The van der Waals surface area contributed by atoms with Crippen LogP contribution < -0.4 is 10.2 Å². The Morgan fingerprint density at radius 3 is 2.67 bits per heavy atom. The molecule has 134 valence electrons. The number of anilines is 3. The van der Waals surface area contributed by atoms with E-state index < -0.39 is 0 Å². The summed E-state index contributed by atoms with van der Waals surface area (Å²) in [6, 6.07) is 16.1. The second kappa shape index (κ2) is 7.78. The van der Waals surface area contributed by atoms with Crippen molar-refractivity contribution in [2.24, 2.45) is 0 Å². The molecule has 6 heteroatoms. The molecule has 0 aliphatic carbocycles. The van der Waals surface area contributed by atoms with Crippen LogP contribution in [0.2, 0.25) is 0 Å². The van der Waals surface area contributed by atoms with E-state index in [9.17, 15) is 0 Å². The number of benzene rings is 1. The van der Waals surface area contributed by atoms with Gasteiger partial charge in [-0.2, -0.15) is 0 Å². The van der Waals surface area contributed by atoms with E-state index in [4.69, 9.17) is 0 Å². The van der Waals surface area contributed by atoms with E-state index in [1.807, 2.05) is 68.0 Å². The molecule has 1 N–H and O–H groups in total. The van der Waals surface area contributed by atoms with Gasteiger partial charge in [-0.25, -0.2) is 9.97 Å². The molecule has 3 heterocycles. The molecule has 4 aromatic rings. The number of nitrogens with zero attached hydrogens (tertiary/aromatic N) is 5. The third-order valence-corrected chi connectivity index (χ3v) is 4.42. The predicted molar refractivity (Wildman–Crippen MR) is 108 cm³/mol. The van der Waals surface area contributed by atoms with E-state index in [1.165, 1.54) is 5.56 Å². The minimum Gasteiger partial charge on any atom is -0.359 e. The van der Waals surface area contributed by atoms with Crippen LogP contribution in [-0.2, 0) is 6.42 Å². The first-order chi connectivity index (χ1) is 13.3. The van der Waals surface area contributed by atoms with Crippen molar-refractivity contribution in [3.8, 4) is 0 Å². The second-order valence-corrected chi connectivity index (χ2v) is 6.29. The first-order valence-corrected chi connectivity index (χ1v) is 8.82. The SMILES string of the molecule is CN(CCc1ccncc1)c1cc(Nc2cccc3cccnc23)ncn1. The van der Waals surface area contributed by atoms with Gasteiger partial charge in [-0.3, -0.25) is 9.97 Å². The number of pyridine rings is 2. The molecule has 0 bridgehead atoms. The fraction of sp³-hybridized carbons (Fsp3) is 0.143. The molecule has 0 amide bonds. The quantitative estimate of drug-likeness (QED) is 0.566. The van der Waals surface area contributed by atoms with E-state index in [-0.39, 0.29) is 0 Å². The van der Waals surface area contributed by atoms with Crippen molar-refractivity contribution in [1.29, 1.82) is 0 Å². The molecule has 6 nitrogen and oxygen atoms in total. The molecule has 4 rings (SSSR count). The summed E-state index contributed by atoms with van der Waals surface area (Å²) in [5.74, 6) is 1.61. The number of rotatable bonds is 6. The van der Waals surface area contributed by atoms with Crippen molar-refractivity contribution < 1.29 is 0 Å². The zero-order valence-corrected chi connectivity index (χ0v) is 15.1. The van der Waals surface area contributed by atoms with Gasteiger partial charge in [0.2, 0.25) is 0 Å². The average molecular weight is 356 g/mol. The van der Waals surface area contributed by atoms with Crippen molar-refractivity contribution in [1.82, 2.24) is 19.9 Å². The van der Waals surface area contributed by atoms with Crippen LogP contribution in [0, 0.1) is 0 Å². The Labute approximate surface area is 158 Å². The van der Waals surface area contributed by atoms with Crippen molar-refractivity contribution in [3.63, 3.8) is 0 Å². The van der Waals surface area contributed by atoms with Gasteiger partial charge in [0.15, 0.2) is 0 Å². The standard InChI is InChI=1S/C21H20N6/c1-27(13-9-16-7-11-22-12-8-16)20-14-19(24-15-25-20)26-18-6-2-4-17-5-3-10-23-21(17)18/h2-8,10-12,14-15H,9,13H2,1H3,(H,24,25,26). The largest absolute Gasteiger partial charge is 0.359 e. The predicted octanol–water partition coefficient (Wildman–Crippen LogP) is 3.84. The fourth-order valence-corrected chi connectivity index (χ4v) is 2.93. The molecule has 0 atom stereocenters. The summed E-state index contributed by atoms with van der Waals surface area (Å²) in [5, 5.41) is 4.46. The van der Waals surface area contributed by atoms with Crippen LogP contribution in [-0.4, -0.2) is 33.5 Å². The molecule has 0 aliphatic rings. The second-order valence-electron chi connectivity index (χ2n) is 6.29. The number of fused-ring (bicyclic) bond motifs is 1. The highest BCUT2D eigenvalue weighted by Crippen LogP contribution is 2.24. The lowest BCUT2D eigenvalue weighted by atomic mass is 10.2. The molecular weight excluding hydrogens is 336 g/mol. The third-order valence-electron chi connectivity index (χ3n) is 4.42. The molecule has 0 radical (unpaired) electrons. The van der Waals surface area contributed by atoms with E-state index in [1.54, 1.807) is 12.5 Å². The van der Waals surface area contributed by atoms with Gasteiger partial charge in [-0.15, -0.1) is 0 Å². The van der Waals surface area contributed by atoms with Crippen LogP contribution in [0.15, 0.2) is 73.4 Å². The van der Waals surface area contributed by atoms with Crippen LogP contribution in [0.3, 0.4) is 0 Å². The van der Waals surface area contributed by atoms with Gasteiger partial charge >= 0.3 is 0 Å². The molecule has 0 saturated heterocycles. The fourth-order valence-electron chi connectivity index (χ4n) is 2.93. The highest BCUT2D eigenvalue weighted by atomic mass is 15.2. The van der Waals surface area contributed by atoms with Gasteiger partial charge in [0.25, 0.3) is 0 Å². The molecular formula is C21H20N6.